The van der Waals surface area contributed by atoms with Crippen LogP contribution in [-0.2, 0) is 11.4 Å². The van der Waals surface area contributed by atoms with Crippen LogP contribution in [0.25, 0.3) is 0 Å². The molecule has 0 saturated heterocycles. The van der Waals surface area contributed by atoms with Gasteiger partial charge in [0.1, 0.15) is 18.1 Å². The molecule has 6 nitrogen and oxygen atoms in total. The second kappa shape index (κ2) is 10.6. The van der Waals surface area contributed by atoms with Crippen LogP contribution in [0.15, 0.2) is 77.9 Å². The first-order valence-corrected chi connectivity index (χ1v) is 9.43. The Morgan fingerprint density at radius 1 is 1.03 bits per heavy atom. The fourth-order valence-corrected chi connectivity index (χ4v) is 2.67. The molecule has 3 aromatic carbocycles. The highest BCUT2D eigenvalue weighted by atomic mass is 35.5. The molecule has 0 aliphatic heterocycles. The zero-order valence-electron chi connectivity index (χ0n) is 15.9. The minimum atomic E-state index is -0.401. The van der Waals surface area contributed by atoms with Crippen molar-refractivity contribution in [3.8, 4) is 17.6 Å². The van der Waals surface area contributed by atoms with Crippen molar-refractivity contribution in [2.24, 2.45) is 5.10 Å². The SMILES string of the molecule is N#Cc1ccccc1COc1ccc(/C=N\NC(=O)COc2ccccc2Cl)cc1. The molecular formula is C23H18ClN3O3. The summed E-state index contributed by atoms with van der Waals surface area (Å²) in [5.41, 5.74) is 4.60. The molecule has 0 bridgehead atoms. The fourth-order valence-electron chi connectivity index (χ4n) is 2.48. The third-order valence-electron chi connectivity index (χ3n) is 4.01. The van der Waals surface area contributed by atoms with E-state index in [2.05, 4.69) is 16.6 Å². The average molecular weight is 420 g/mol. The Labute approximate surface area is 179 Å². The van der Waals surface area contributed by atoms with Crippen molar-refractivity contribution in [1.29, 1.82) is 5.26 Å². The van der Waals surface area contributed by atoms with Crippen molar-refractivity contribution < 1.29 is 14.3 Å². The molecule has 150 valence electrons. The van der Waals surface area contributed by atoms with Crippen molar-refractivity contribution in [3.05, 3.63) is 94.5 Å². The minimum Gasteiger partial charge on any atom is -0.489 e. The number of rotatable bonds is 8. The molecule has 0 fully saturated rings. The number of nitrogens with one attached hydrogen (secondary N) is 1. The van der Waals surface area contributed by atoms with Gasteiger partial charge in [0, 0.05) is 5.56 Å². The lowest BCUT2D eigenvalue weighted by Crippen LogP contribution is -2.24. The van der Waals surface area contributed by atoms with Crippen LogP contribution in [0.5, 0.6) is 11.5 Å². The fraction of sp³-hybridized carbons (Fsp3) is 0.0870. The van der Waals surface area contributed by atoms with Crippen LogP contribution in [0.3, 0.4) is 0 Å². The van der Waals surface area contributed by atoms with Crippen molar-refractivity contribution >= 4 is 23.7 Å². The lowest BCUT2D eigenvalue weighted by Gasteiger charge is -2.08. The van der Waals surface area contributed by atoms with E-state index in [1.54, 1.807) is 54.6 Å². The monoisotopic (exact) mass is 419 g/mol. The summed E-state index contributed by atoms with van der Waals surface area (Å²) in [4.78, 5) is 11.8. The van der Waals surface area contributed by atoms with E-state index in [1.165, 1.54) is 6.21 Å². The molecule has 0 aliphatic carbocycles. The first kappa shape index (κ1) is 20.9. The summed E-state index contributed by atoms with van der Waals surface area (Å²) in [5, 5.41) is 13.5. The summed E-state index contributed by atoms with van der Waals surface area (Å²) in [5.74, 6) is 0.700. The molecule has 1 amide bonds. The lowest BCUT2D eigenvalue weighted by molar-refractivity contribution is -0.123. The molecule has 7 heteroatoms. The number of carbonyl (C=O) groups is 1. The summed E-state index contributed by atoms with van der Waals surface area (Å²) in [6.07, 6.45) is 1.52. The van der Waals surface area contributed by atoms with Crippen LogP contribution in [0.2, 0.25) is 5.02 Å². The predicted molar refractivity (Wildman–Crippen MR) is 115 cm³/mol. The zero-order chi connectivity index (χ0) is 21.2. The largest absolute Gasteiger partial charge is 0.489 e. The van der Waals surface area contributed by atoms with E-state index >= 15 is 0 Å². The van der Waals surface area contributed by atoms with Gasteiger partial charge in [-0.2, -0.15) is 10.4 Å². The highest BCUT2D eigenvalue weighted by Crippen LogP contribution is 2.22. The molecule has 0 atom stereocenters. The number of carbonyl (C=O) groups excluding carboxylic acids is 1. The number of nitriles is 1. The van der Waals surface area contributed by atoms with Crippen molar-refractivity contribution in [2.45, 2.75) is 6.61 Å². The highest BCUT2D eigenvalue weighted by Gasteiger charge is 2.04. The molecule has 0 radical (unpaired) electrons. The molecular weight excluding hydrogens is 402 g/mol. The molecule has 1 N–H and O–H groups in total. The third kappa shape index (κ3) is 6.09. The topological polar surface area (TPSA) is 83.7 Å². The number of para-hydroxylation sites is 1. The Bertz CT molecular complexity index is 1080. The van der Waals surface area contributed by atoms with Gasteiger partial charge in [-0.1, -0.05) is 41.9 Å². The quantitative estimate of drug-likeness (QED) is 0.435. The maximum atomic E-state index is 11.8. The Balaban J connectivity index is 1.45. The van der Waals surface area contributed by atoms with E-state index < -0.39 is 5.91 Å². The number of halogens is 1. The minimum absolute atomic E-state index is 0.196. The van der Waals surface area contributed by atoms with Crippen LogP contribution in [0.1, 0.15) is 16.7 Å². The number of hydrogen-bond acceptors (Lipinski definition) is 5. The van der Waals surface area contributed by atoms with E-state index in [0.29, 0.717) is 28.7 Å². The molecule has 0 saturated carbocycles. The van der Waals surface area contributed by atoms with Crippen LogP contribution in [0.4, 0.5) is 0 Å². The van der Waals surface area contributed by atoms with Gasteiger partial charge in [0.05, 0.1) is 22.9 Å². The van der Waals surface area contributed by atoms with E-state index in [1.807, 2.05) is 18.2 Å². The van der Waals surface area contributed by atoms with Gasteiger partial charge < -0.3 is 9.47 Å². The molecule has 0 spiro atoms. The summed E-state index contributed by atoms with van der Waals surface area (Å²) in [7, 11) is 0. The molecule has 3 rings (SSSR count). The normalized spacial score (nSPS) is 10.4. The highest BCUT2D eigenvalue weighted by molar-refractivity contribution is 6.32. The smallest absolute Gasteiger partial charge is 0.277 e. The van der Waals surface area contributed by atoms with E-state index in [0.717, 1.165) is 11.1 Å². The molecule has 0 heterocycles. The van der Waals surface area contributed by atoms with Crippen LogP contribution < -0.4 is 14.9 Å². The van der Waals surface area contributed by atoms with Crippen LogP contribution in [0, 0.1) is 11.3 Å². The first-order chi connectivity index (χ1) is 14.7. The number of hydrogen-bond donors (Lipinski definition) is 1. The number of hydrazone groups is 1. The Morgan fingerprint density at radius 2 is 1.77 bits per heavy atom. The van der Waals surface area contributed by atoms with Gasteiger partial charge in [-0.15, -0.1) is 0 Å². The summed E-state index contributed by atoms with van der Waals surface area (Å²) < 4.78 is 11.1. The first-order valence-electron chi connectivity index (χ1n) is 9.06. The third-order valence-corrected chi connectivity index (χ3v) is 4.32. The standard InChI is InChI=1S/C23H18ClN3O3/c24-21-7-3-4-8-22(21)30-16-23(28)27-26-14-17-9-11-20(12-10-17)29-15-19-6-2-1-5-18(19)13-25/h1-12,14H,15-16H2,(H,27,28)/b26-14-. The number of benzene rings is 3. The van der Waals surface area contributed by atoms with Gasteiger partial charge in [-0.05, 0) is 48.0 Å². The van der Waals surface area contributed by atoms with Gasteiger partial charge in [-0.3, -0.25) is 4.79 Å². The molecule has 3 aromatic rings. The van der Waals surface area contributed by atoms with Crippen molar-refractivity contribution in [1.82, 2.24) is 5.43 Å². The van der Waals surface area contributed by atoms with Gasteiger partial charge in [0.25, 0.3) is 5.91 Å². The predicted octanol–water partition coefficient (Wildman–Crippen LogP) is 4.32. The van der Waals surface area contributed by atoms with Crippen molar-refractivity contribution in [2.75, 3.05) is 6.61 Å². The summed E-state index contributed by atoms with van der Waals surface area (Å²) >= 11 is 5.97. The van der Waals surface area contributed by atoms with Gasteiger partial charge in [0.15, 0.2) is 6.61 Å². The molecule has 0 aliphatic rings. The van der Waals surface area contributed by atoms with Crippen LogP contribution >= 0.6 is 11.6 Å². The Hall–Kier alpha value is -3.82. The molecule has 0 aromatic heterocycles. The summed E-state index contributed by atoms with van der Waals surface area (Å²) in [6, 6.07) is 23.6. The second-order valence-electron chi connectivity index (χ2n) is 6.14. The van der Waals surface area contributed by atoms with Crippen LogP contribution in [-0.4, -0.2) is 18.7 Å². The van der Waals surface area contributed by atoms with Gasteiger partial charge in [0.2, 0.25) is 0 Å². The number of nitrogens with zero attached hydrogens (tertiary/aromatic N) is 2. The molecule has 0 unspecified atom stereocenters. The lowest BCUT2D eigenvalue weighted by atomic mass is 10.1. The number of ether oxygens (including phenoxy) is 2. The summed E-state index contributed by atoms with van der Waals surface area (Å²) in [6.45, 7) is 0.108. The maximum absolute atomic E-state index is 11.8. The maximum Gasteiger partial charge on any atom is 0.277 e. The van der Waals surface area contributed by atoms with E-state index in [4.69, 9.17) is 26.3 Å². The van der Waals surface area contributed by atoms with Crippen molar-refractivity contribution in [3.63, 3.8) is 0 Å². The zero-order valence-corrected chi connectivity index (χ0v) is 16.7. The molecule has 30 heavy (non-hydrogen) atoms. The van der Waals surface area contributed by atoms with E-state index in [-0.39, 0.29) is 6.61 Å². The average Bonchev–Trinajstić information content (AvgIpc) is 2.78. The Kier molecular flexibility index (Phi) is 7.42. The van der Waals surface area contributed by atoms with E-state index in [9.17, 15) is 4.79 Å². The number of amides is 1. The Morgan fingerprint density at radius 3 is 2.53 bits per heavy atom. The van der Waals surface area contributed by atoms with Gasteiger partial charge >= 0.3 is 0 Å². The van der Waals surface area contributed by atoms with Gasteiger partial charge in [-0.25, -0.2) is 5.43 Å². The second-order valence-corrected chi connectivity index (χ2v) is 6.55.